The summed E-state index contributed by atoms with van der Waals surface area (Å²) >= 11 is 6.15. The monoisotopic (exact) mass is 472 g/mol. The van der Waals surface area contributed by atoms with Gasteiger partial charge in [-0.2, -0.15) is 5.10 Å². The summed E-state index contributed by atoms with van der Waals surface area (Å²) < 4.78 is 11.8. The fraction of sp³-hybridized carbons (Fsp3) is 0.143. The summed E-state index contributed by atoms with van der Waals surface area (Å²) in [5.74, 6) is 0.879. The third kappa shape index (κ3) is 5.74. The first kappa shape index (κ1) is 23.3. The van der Waals surface area contributed by atoms with Crippen LogP contribution in [-0.4, -0.2) is 18.7 Å². The van der Waals surface area contributed by atoms with Gasteiger partial charge >= 0.3 is 0 Å². The molecular weight excluding hydrogens is 448 g/mol. The molecule has 4 aromatic rings. The van der Waals surface area contributed by atoms with E-state index in [1.165, 1.54) is 10.8 Å². The summed E-state index contributed by atoms with van der Waals surface area (Å²) in [5.41, 5.74) is 5.70. The molecule has 0 aliphatic rings. The Morgan fingerprint density at radius 3 is 2.56 bits per heavy atom. The van der Waals surface area contributed by atoms with E-state index in [0.717, 1.165) is 16.7 Å². The van der Waals surface area contributed by atoms with Gasteiger partial charge in [-0.15, -0.1) is 0 Å². The number of halogens is 1. The summed E-state index contributed by atoms with van der Waals surface area (Å²) in [6.45, 7) is 4.75. The summed E-state index contributed by atoms with van der Waals surface area (Å²) in [5, 5.41) is 6.81. The number of carbonyl (C=O) groups is 1. The minimum absolute atomic E-state index is 0.372. The summed E-state index contributed by atoms with van der Waals surface area (Å²) in [4.78, 5) is 12.3. The molecule has 0 saturated heterocycles. The van der Waals surface area contributed by atoms with Gasteiger partial charge < -0.3 is 9.47 Å². The number of hydrogen-bond acceptors (Lipinski definition) is 4. The molecule has 0 aliphatic carbocycles. The van der Waals surface area contributed by atoms with Crippen molar-refractivity contribution in [1.82, 2.24) is 5.43 Å². The SMILES string of the molecule is CCOc1cc(/C=N\NC(=O)c2ccc(C)cc2Cl)ccc1OCc1ccc2ccccc2c1. The Morgan fingerprint density at radius 2 is 1.76 bits per heavy atom. The first-order valence-electron chi connectivity index (χ1n) is 11.0. The number of hydrogen-bond donors (Lipinski definition) is 1. The lowest BCUT2D eigenvalue weighted by Crippen LogP contribution is -2.18. The minimum atomic E-state index is -0.373. The molecule has 0 aliphatic heterocycles. The molecule has 4 rings (SSSR count). The molecule has 0 fully saturated rings. The van der Waals surface area contributed by atoms with Gasteiger partial charge in [-0.3, -0.25) is 4.79 Å². The fourth-order valence-corrected chi connectivity index (χ4v) is 3.83. The highest BCUT2D eigenvalue weighted by Gasteiger charge is 2.10. The van der Waals surface area contributed by atoms with Crippen molar-refractivity contribution in [2.24, 2.45) is 5.10 Å². The van der Waals surface area contributed by atoms with E-state index in [0.29, 0.717) is 35.3 Å². The second kappa shape index (κ2) is 10.9. The largest absolute Gasteiger partial charge is 0.490 e. The van der Waals surface area contributed by atoms with E-state index < -0.39 is 0 Å². The number of rotatable bonds is 8. The van der Waals surface area contributed by atoms with E-state index in [1.807, 2.05) is 50.2 Å². The summed E-state index contributed by atoms with van der Waals surface area (Å²) in [7, 11) is 0. The van der Waals surface area contributed by atoms with Crippen molar-refractivity contribution in [3.8, 4) is 11.5 Å². The minimum Gasteiger partial charge on any atom is -0.490 e. The van der Waals surface area contributed by atoms with Crippen molar-refractivity contribution in [1.29, 1.82) is 0 Å². The molecular formula is C28H25ClN2O3. The van der Waals surface area contributed by atoms with Crippen molar-refractivity contribution in [3.63, 3.8) is 0 Å². The van der Waals surface area contributed by atoms with Gasteiger partial charge in [-0.25, -0.2) is 5.43 Å². The maximum absolute atomic E-state index is 12.3. The molecule has 0 saturated carbocycles. The second-order valence-electron chi connectivity index (χ2n) is 7.79. The number of ether oxygens (including phenoxy) is 2. The van der Waals surface area contributed by atoms with Gasteiger partial charge in [0.05, 0.1) is 23.4 Å². The molecule has 1 amide bonds. The Labute approximate surface area is 204 Å². The lowest BCUT2D eigenvalue weighted by atomic mass is 10.1. The number of benzene rings is 4. The molecule has 34 heavy (non-hydrogen) atoms. The van der Waals surface area contributed by atoms with Crippen LogP contribution in [0.5, 0.6) is 11.5 Å². The van der Waals surface area contributed by atoms with Crippen molar-refractivity contribution < 1.29 is 14.3 Å². The van der Waals surface area contributed by atoms with E-state index in [-0.39, 0.29) is 5.91 Å². The Hall–Kier alpha value is -3.83. The lowest BCUT2D eigenvalue weighted by Gasteiger charge is -2.13. The highest BCUT2D eigenvalue weighted by molar-refractivity contribution is 6.33. The fourth-order valence-electron chi connectivity index (χ4n) is 3.51. The molecule has 0 radical (unpaired) electrons. The molecule has 0 bridgehead atoms. The Balaban J connectivity index is 1.43. The number of nitrogens with one attached hydrogen (secondary N) is 1. The number of aryl methyl sites for hydroxylation is 1. The van der Waals surface area contributed by atoms with Crippen molar-refractivity contribution in [2.45, 2.75) is 20.5 Å². The molecule has 0 heterocycles. The quantitative estimate of drug-likeness (QED) is 0.234. The normalized spacial score (nSPS) is 11.0. The van der Waals surface area contributed by atoms with Crippen LogP contribution in [0.15, 0.2) is 84.0 Å². The zero-order valence-corrected chi connectivity index (χ0v) is 19.8. The summed E-state index contributed by atoms with van der Waals surface area (Å²) in [6.07, 6.45) is 1.55. The standard InChI is InChI=1S/C28H25ClN2O3/c1-3-33-27-16-20(17-30-31-28(32)24-12-8-19(2)14-25(24)29)10-13-26(27)34-18-21-9-11-22-6-4-5-7-23(22)15-21/h4-17H,3,18H2,1-2H3,(H,31,32)/b30-17-. The second-order valence-corrected chi connectivity index (χ2v) is 8.20. The highest BCUT2D eigenvalue weighted by Crippen LogP contribution is 2.29. The van der Waals surface area contributed by atoms with Crippen LogP contribution in [0.2, 0.25) is 5.02 Å². The van der Waals surface area contributed by atoms with E-state index >= 15 is 0 Å². The average molecular weight is 473 g/mol. The van der Waals surface area contributed by atoms with Gasteiger partial charge in [0.2, 0.25) is 0 Å². The molecule has 172 valence electrons. The Bertz CT molecular complexity index is 1350. The third-order valence-corrected chi connectivity index (χ3v) is 5.54. The maximum atomic E-state index is 12.3. The smallest absolute Gasteiger partial charge is 0.272 e. The predicted molar refractivity (Wildman–Crippen MR) is 137 cm³/mol. The predicted octanol–water partition coefficient (Wildman–Crippen LogP) is 6.54. The summed E-state index contributed by atoms with van der Waals surface area (Å²) in [6, 6.07) is 25.3. The Kier molecular flexibility index (Phi) is 7.45. The highest BCUT2D eigenvalue weighted by atomic mass is 35.5. The van der Waals surface area contributed by atoms with Crippen LogP contribution < -0.4 is 14.9 Å². The van der Waals surface area contributed by atoms with Gasteiger partial charge in [0.1, 0.15) is 6.61 Å². The van der Waals surface area contributed by atoms with E-state index in [4.69, 9.17) is 21.1 Å². The topological polar surface area (TPSA) is 59.9 Å². The first-order chi connectivity index (χ1) is 16.5. The zero-order valence-electron chi connectivity index (χ0n) is 19.0. The van der Waals surface area contributed by atoms with Crippen LogP contribution in [0.25, 0.3) is 10.8 Å². The maximum Gasteiger partial charge on any atom is 0.272 e. The molecule has 0 atom stereocenters. The van der Waals surface area contributed by atoms with E-state index in [9.17, 15) is 4.79 Å². The molecule has 0 unspecified atom stereocenters. The van der Waals surface area contributed by atoms with Crippen LogP contribution >= 0.6 is 11.6 Å². The number of carbonyl (C=O) groups excluding carboxylic acids is 1. The van der Waals surface area contributed by atoms with Gasteiger partial charge in [0.25, 0.3) is 5.91 Å². The average Bonchev–Trinajstić information content (AvgIpc) is 2.83. The van der Waals surface area contributed by atoms with Crippen molar-refractivity contribution in [2.75, 3.05) is 6.61 Å². The van der Waals surface area contributed by atoms with Crippen LogP contribution in [0.4, 0.5) is 0 Å². The van der Waals surface area contributed by atoms with E-state index in [2.05, 4.69) is 40.9 Å². The number of hydrazone groups is 1. The van der Waals surface area contributed by atoms with Gasteiger partial charge in [-0.05, 0) is 77.7 Å². The van der Waals surface area contributed by atoms with Crippen LogP contribution in [0.3, 0.4) is 0 Å². The molecule has 0 aromatic heterocycles. The lowest BCUT2D eigenvalue weighted by molar-refractivity contribution is 0.0955. The number of amides is 1. The third-order valence-electron chi connectivity index (χ3n) is 5.22. The molecule has 1 N–H and O–H groups in total. The number of fused-ring (bicyclic) bond motifs is 1. The molecule has 0 spiro atoms. The van der Waals surface area contributed by atoms with E-state index in [1.54, 1.807) is 18.3 Å². The molecule has 4 aromatic carbocycles. The zero-order chi connectivity index (χ0) is 23.9. The van der Waals surface area contributed by atoms with Crippen LogP contribution in [0.1, 0.15) is 34.0 Å². The van der Waals surface area contributed by atoms with Gasteiger partial charge in [-0.1, -0.05) is 54.1 Å². The van der Waals surface area contributed by atoms with Gasteiger partial charge in [0, 0.05) is 0 Å². The Morgan fingerprint density at radius 1 is 0.941 bits per heavy atom. The van der Waals surface area contributed by atoms with Gasteiger partial charge in [0.15, 0.2) is 11.5 Å². The van der Waals surface area contributed by atoms with Crippen LogP contribution in [0, 0.1) is 6.92 Å². The molecule has 5 nitrogen and oxygen atoms in total. The number of nitrogens with zero attached hydrogens (tertiary/aromatic N) is 1. The van der Waals surface area contributed by atoms with Crippen molar-refractivity contribution in [3.05, 3.63) is 106 Å². The van der Waals surface area contributed by atoms with Crippen LogP contribution in [-0.2, 0) is 6.61 Å². The first-order valence-corrected chi connectivity index (χ1v) is 11.4. The van der Waals surface area contributed by atoms with Crippen molar-refractivity contribution >= 4 is 34.5 Å². The molecule has 6 heteroatoms.